The summed E-state index contributed by atoms with van der Waals surface area (Å²) in [5.74, 6) is 1.16. The summed E-state index contributed by atoms with van der Waals surface area (Å²) in [5, 5.41) is 9.34. The Bertz CT molecular complexity index is 515. The average molecular weight is 331 g/mol. The van der Waals surface area contributed by atoms with Crippen LogP contribution in [0.5, 0.6) is 11.5 Å². The monoisotopic (exact) mass is 331 g/mol. The molecular weight excluding hydrogens is 313 g/mol. The van der Waals surface area contributed by atoms with Crippen LogP contribution in [0.1, 0.15) is 25.0 Å². The van der Waals surface area contributed by atoms with Gasteiger partial charge in [-0.2, -0.15) is 0 Å². The largest absolute Gasteiger partial charge is 0.508 e. The topological polar surface area (TPSA) is 29.5 Å². The minimum atomic E-state index is -0.0973. The molecule has 0 unspecified atom stereocenters. The van der Waals surface area contributed by atoms with Gasteiger partial charge in [0.15, 0.2) is 0 Å². The predicted octanol–water partition coefficient (Wildman–Crippen LogP) is 3.72. The van der Waals surface area contributed by atoms with Crippen LogP contribution in [0, 0.1) is 0 Å². The van der Waals surface area contributed by atoms with E-state index in [1.165, 1.54) is 11.1 Å². The fourth-order valence-corrected chi connectivity index (χ4v) is 2.05. The van der Waals surface area contributed by atoms with Crippen LogP contribution in [0.2, 0.25) is 0 Å². The molecular formula is C16H18O2Y. The van der Waals surface area contributed by atoms with E-state index >= 15 is 0 Å². The van der Waals surface area contributed by atoms with Gasteiger partial charge in [-0.3, -0.25) is 0 Å². The maximum absolute atomic E-state index is 9.34. The molecule has 1 radical (unpaired) electrons. The van der Waals surface area contributed by atoms with Crippen LogP contribution in [-0.2, 0) is 38.1 Å². The van der Waals surface area contributed by atoms with Crippen molar-refractivity contribution < 1.29 is 42.6 Å². The Labute approximate surface area is 139 Å². The fourth-order valence-electron chi connectivity index (χ4n) is 2.05. The fraction of sp³-hybridized carbons (Fsp3) is 0.250. The molecule has 0 saturated carbocycles. The van der Waals surface area contributed by atoms with Crippen molar-refractivity contribution in [1.82, 2.24) is 0 Å². The molecule has 0 saturated heterocycles. The van der Waals surface area contributed by atoms with Gasteiger partial charge in [-0.05, 0) is 35.4 Å². The normalized spacial score (nSPS) is 10.7. The van der Waals surface area contributed by atoms with E-state index in [4.69, 9.17) is 4.74 Å². The zero-order chi connectivity index (χ0) is 13.2. The first kappa shape index (κ1) is 16.2. The molecule has 2 aromatic carbocycles. The minimum absolute atomic E-state index is 0. The van der Waals surface area contributed by atoms with Gasteiger partial charge in [0.05, 0.1) is 7.11 Å². The van der Waals surface area contributed by atoms with E-state index in [-0.39, 0.29) is 38.1 Å². The number of phenols is 1. The number of benzene rings is 2. The first-order chi connectivity index (χ1) is 8.54. The number of aromatic hydroxyl groups is 1. The molecule has 0 heterocycles. The summed E-state index contributed by atoms with van der Waals surface area (Å²) in [6, 6.07) is 15.5. The summed E-state index contributed by atoms with van der Waals surface area (Å²) in [7, 11) is 1.67. The Kier molecular flexibility index (Phi) is 5.57. The van der Waals surface area contributed by atoms with Gasteiger partial charge in [-0.1, -0.05) is 38.1 Å². The van der Waals surface area contributed by atoms with Crippen LogP contribution in [0.15, 0.2) is 48.5 Å². The van der Waals surface area contributed by atoms with Gasteiger partial charge in [0.2, 0.25) is 0 Å². The van der Waals surface area contributed by atoms with Gasteiger partial charge in [0.25, 0.3) is 0 Å². The number of rotatable bonds is 3. The summed E-state index contributed by atoms with van der Waals surface area (Å²) in [6.45, 7) is 4.34. The molecule has 0 aliphatic heterocycles. The molecule has 2 aromatic rings. The molecule has 2 nitrogen and oxygen atoms in total. The molecule has 19 heavy (non-hydrogen) atoms. The van der Waals surface area contributed by atoms with Crippen molar-refractivity contribution in [1.29, 1.82) is 0 Å². The maximum atomic E-state index is 9.34. The first-order valence-corrected chi connectivity index (χ1v) is 5.98. The van der Waals surface area contributed by atoms with Crippen LogP contribution in [0.25, 0.3) is 0 Å². The third kappa shape index (κ3) is 3.58. The SMILES string of the molecule is COc1ccc(C(C)(C)c2ccc(O)cc2)cc1.[Y]. The zero-order valence-electron chi connectivity index (χ0n) is 11.6. The van der Waals surface area contributed by atoms with E-state index in [1.54, 1.807) is 19.2 Å². The van der Waals surface area contributed by atoms with Crippen LogP contribution in [0.3, 0.4) is 0 Å². The van der Waals surface area contributed by atoms with Gasteiger partial charge >= 0.3 is 0 Å². The van der Waals surface area contributed by atoms with Crippen molar-refractivity contribution in [2.75, 3.05) is 7.11 Å². The van der Waals surface area contributed by atoms with Crippen LogP contribution in [0.4, 0.5) is 0 Å². The van der Waals surface area contributed by atoms with Gasteiger partial charge in [-0.25, -0.2) is 0 Å². The van der Waals surface area contributed by atoms with E-state index in [0.29, 0.717) is 5.75 Å². The van der Waals surface area contributed by atoms with Crippen molar-refractivity contribution in [2.24, 2.45) is 0 Å². The summed E-state index contributed by atoms with van der Waals surface area (Å²) in [6.07, 6.45) is 0. The van der Waals surface area contributed by atoms with Crippen molar-refractivity contribution in [2.45, 2.75) is 19.3 Å². The first-order valence-electron chi connectivity index (χ1n) is 5.98. The Morgan fingerprint density at radius 3 is 1.68 bits per heavy atom. The third-order valence-electron chi connectivity index (χ3n) is 3.40. The van der Waals surface area contributed by atoms with E-state index in [2.05, 4.69) is 26.0 Å². The number of hydrogen-bond acceptors (Lipinski definition) is 2. The van der Waals surface area contributed by atoms with Crippen LogP contribution >= 0.6 is 0 Å². The second kappa shape index (κ2) is 6.54. The standard InChI is InChI=1S/C16H18O2.Y/c1-16(2,12-4-8-14(17)9-5-12)13-6-10-15(18-3)11-7-13;/h4-11,17H,1-3H3;. The van der Waals surface area contributed by atoms with Gasteiger partial charge in [-0.15, -0.1) is 0 Å². The molecule has 0 spiro atoms. The second-order valence-electron chi connectivity index (χ2n) is 4.90. The van der Waals surface area contributed by atoms with Crippen molar-refractivity contribution in [3.8, 4) is 11.5 Å². The molecule has 3 heteroatoms. The zero-order valence-corrected chi connectivity index (χ0v) is 14.4. The van der Waals surface area contributed by atoms with Gasteiger partial charge < -0.3 is 9.84 Å². The van der Waals surface area contributed by atoms with Gasteiger partial charge in [0, 0.05) is 38.1 Å². The molecule has 0 fully saturated rings. The van der Waals surface area contributed by atoms with E-state index in [0.717, 1.165) is 5.75 Å². The minimum Gasteiger partial charge on any atom is -0.508 e. The third-order valence-corrected chi connectivity index (χ3v) is 3.40. The van der Waals surface area contributed by atoms with Crippen molar-refractivity contribution >= 4 is 0 Å². The Morgan fingerprint density at radius 2 is 1.26 bits per heavy atom. The average Bonchev–Trinajstić information content (AvgIpc) is 2.39. The molecule has 0 atom stereocenters. The van der Waals surface area contributed by atoms with E-state index in [1.807, 2.05) is 24.3 Å². The van der Waals surface area contributed by atoms with Gasteiger partial charge in [0.1, 0.15) is 11.5 Å². The van der Waals surface area contributed by atoms with E-state index < -0.39 is 0 Å². The molecule has 2 rings (SSSR count). The van der Waals surface area contributed by atoms with Crippen LogP contribution in [-0.4, -0.2) is 12.2 Å². The summed E-state index contributed by atoms with van der Waals surface area (Å²) >= 11 is 0. The Morgan fingerprint density at radius 1 is 0.842 bits per heavy atom. The van der Waals surface area contributed by atoms with Crippen molar-refractivity contribution in [3.63, 3.8) is 0 Å². The molecule has 0 aliphatic rings. The summed E-state index contributed by atoms with van der Waals surface area (Å²) < 4.78 is 5.17. The quantitative estimate of drug-likeness (QED) is 0.929. The van der Waals surface area contributed by atoms with Crippen molar-refractivity contribution in [3.05, 3.63) is 59.7 Å². The number of phenolic OH excluding ortho intramolecular Hbond substituents is 1. The van der Waals surface area contributed by atoms with E-state index in [9.17, 15) is 5.11 Å². The Balaban J connectivity index is 0.00000180. The predicted molar refractivity (Wildman–Crippen MR) is 73.2 cm³/mol. The summed E-state index contributed by atoms with van der Waals surface area (Å²) in [5.41, 5.74) is 2.29. The second-order valence-corrected chi connectivity index (χ2v) is 4.90. The smallest absolute Gasteiger partial charge is 0.118 e. The number of ether oxygens (including phenoxy) is 1. The molecule has 0 amide bonds. The molecule has 97 valence electrons. The molecule has 0 bridgehead atoms. The summed E-state index contributed by atoms with van der Waals surface area (Å²) in [4.78, 5) is 0. The maximum Gasteiger partial charge on any atom is 0.118 e. The molecule has 0 aromatic heterocycles. The van der Waals surface area contributed by atoms with Crippen LogP contribution < -0.4 is 4.74 Å². The molecule has 1 N–H and O–H groups in total. The number of methoxy groups -OCH3 is 1. The molecule has 0 aliphatic carbocycles. The number of hydrogen-bond donors (Lipinski definition) is 1. The Hall–Kier alpha value is -0.856.